The van der Waals surface area contributed by atoms with Crippen LogP contribution in [-0.4, -0.2) is 38.8 Å². The van der Waals surface area contributed by atoms with Crippen LogP contribution in [0.2, 0.25) is 0 Å². The second-order valence-corrected chi connectivity index (χ2v) is 4.96. The number of nitrogens with zero attached hydrogens (tertiary/aromatic N) is 2. The molecule has 3 rings (SSSR count). The number of benzene rings is 1. The van der Waals surface area contributed by atoms with E-state index in [2.05, 4.69) is 20.4 Å². The van der Waals surface area contributed by atoms with Crippen LogP contribution in [0.25, 0.3) is 22.3 Å². The van der Waals surface area contributed by atoms with Crippen molar-refractivity contribution in [1.29, 1.82) is 0 Å². The Morgan fingerprint density at radius 2 is 2.32 bits per heavy atom. The highest BCUT2D eigenvalue weighted by molar-refractivity contribution is 5.90. The minimum atomic E-state index is -0.484. The van der Waals surface area contributed by atoms with Crippen LogP contribution in [0.5, 0.6) is 0 Å². The monoisotopic (exact) mass is 300 g/mol. The minimum absolute atomic E-state index is 0.115. The lowest BCUT2D eigenvalue weighted by molar-refractivity contribution is 0.0870. The summed E-state index contributed by atoms with van der Waals surface area (Å²) in [5.74, 6) is -0.247. The van der Waals surface area contributed by atoms with Crippen LogP contribution in [0.4, 0.5) is 0 Å². The summed E-state index contributed by atoms with van der Waals surface area (Å²) in [7, 11) is 0. The molecule has 2 aromatic heterocycles. The van der Waals surface area contributed by atoms with E-state index in [9.17, 15) is 4.79 Å². The fraction of sp³-hybridized carbons (Fsp3) is 0.267. The maximum Gasteiger partial charge on any atom is 0.316 e. The molecule has 0 aliphatic rings. The number of nitrogens with one attached hydrogen (secondary N) is 2. The number of aromatic amines is 1. The van der Waals surface area contributed by atoms with Crippen LogP contribution in [0, 0.1) is 0 Å². The Morgan fingerprint density at radius 1 is 1.45 bits per heavy atom. The molecule has 0 saturated heterocycles. The molecule has 0 aliphatic heterocycles. The second-order valence-electron chi connectivity index (χ2n) is 4.96. The molecule has 22 heavy (non-hydrogen) atoms. The van der Waals surface area contributed by atoms with Crippen LogP contribution in [0.15, 0.2) is 35.0 Å². The predicted molar refractivity (Wildman–Crippen MR) is 80.2 cm³/mol. The molecule has 3 N–H and O–H groups in total. The van der Waals surface area contributed by atoms with Crippen LogP contribution in [0.3, 0.4) is 0 Å². The first-order valence-corrected chi connectivity index (χ1v) is 7.04. The Labute approximate surface area is 126 Å². The number of amides is 1. The van der Waals surface area contributed by atoms with Crippen molar-refractivity contribution in [3.63, 3.8) is 0 Å². The quantitative estimate of drug-likeness (QED) is 0.665. The number of hydrogen-bond donors (Lipinski definition) is 3. The Morgan fingerprint density at radius 3 is 3.09 bits per heavy atom. The molecule has 1 atom stereocenters. The number of H-pyrrole nitrogens is 1. The Kier molecular flexibility index (Phi) is 3.88. The number of aliphatic hydroxyl groups is 1. The molecule has 2 heterocycles. The smallest absolute Gasteiger partial charge is 0.316 e. The molecule has 0 bridgehead atoms. The van der Waals surface area contributed by atoms with Gasteiger partial charge in [0.15, 0.2) is 0 Å². The summed E-state index contributed by atoms with van der Waals surface area (Å²) in [6.07, 6.45) is 2.47. The van der Waals surface area contributed by atoms with Gasteiger partial charge in [-0.3, -0.25) is 4.79 Å². The number of aliphatic hydroxyl groups excluding tert-OH is 1. The Hall–Kier alpha value is -2.67. The van der Waals surface area contributed by atoms with Gasteiger partial charge in [-0.25, -0.2) is 0 Å². The van der Waals surface area contributed by atoms with Gasteiger partial charge in [0.05, 0.1) is 12.6 Å². The van der Waals surface area contributed by atoms with E-state index in [-0.39, 0.29) is 18.5 Å². The van der Waals surface area contributed by atoms with Crippen LogP contribution in [-0.2, 0) is 0 Å². The lowest BCUT2D eigenvalue weighted by atomic mass is 10.1. The normalized spacial score (nSPS) is 12.5. The zero-order chi connectivity index (χ0) is 15.5. The molecule has 1 amide bonds. The summed E-state index contributed by atoms with van der Waals surface area (Å²) in [5, 5.41) is 16.6. The van der Waals surface area contributed by atoms with E-state index in [1.807, 2.05) is 37.4 Å². The first kappa shape index (κ1) is 14.3. The Balaban J connectivity index is 1.82. The van der Waals surface area contributed by atoms with Gasteiger partial charge < -0.3 is 19.9 Å². The molecule has 0 radical (unpaired) electrons. The van der Waals surface area contributed by atoms with Crippen molar-refractivity contribution in [2.75, 3.05) is 6.61 Å². The Bertz CT molecular complexity index is 789. The van der Waals surface area contributed by atoms with Crippen molar-refractivity contribution in [3.05, 3.63) is 36.4 Å². The highest BCUT2D eigenvalue weighted by Crippen LogP contribution is 2.21. The molecule has 1 aromatic carbocycles. The SMILES string of the molecule is CCC(CO)NC(=O)c1nc(-c2ccc3[nH]ccc3c2)no1. The van der Waals surface area contributed by atoms with Crippen molar-refractivity contribution in [1.82, 2.24) is 20.4 Å². The van der Waals surface area contributed by atoms with Gasteiger partial charge in [0.2, 0.25) is 5.82 Å². The largest absolute Gasteiger partial charge is 0.394 e. The van der Waals surface area contributed by atoms with Gasteiger partial charge in [-0.1, -0.05) is 12.1 Å². The number of carbonyl (C=O) groups is 1. The van der Waals surface area contributed by atoms with E-state index < -0.39 is 5.91 Å². The van der Waals surface area contributed by atoms with Crippen molar-refractivity contribution in [2.45, 2.75) is 19.4 Å². The molecule has 0 saturated carbocycles. The topological polar surface area (TPSA) is 104 Å². The molecule has 1 unspecified atom stereocenters. The van der Waals surface area contributed by atoms with Gasteiger partial charge >= 0.3 is 11.8 Å². The van der Waals surface area contributed by atoms with Gasteiger partial charge in [0.25, 0.3) is 0 Å². The molecule has 7 heteroatoms. The third-order valence-electron chi connectivity index (χ3n) is 3.48. The first-order valence-electron chi connectivity index (χ1n) is 7.04. The highest BCUT2D eigenvalue weighted by Gasteiger charge is 2.18. The summed E-state index contributed by atoms with van der Waals surface area (Å²) in [6, 6.07) is 7.31. The number of aromatic nitrogens is 3. The van der Waals surface area contributed by atoms with Crippen molar-refractivity contribution in [3.8, 4) is 11.4 Å². The predicted octanol–water partition coefficient (Wildman–Crippen LogP) is 1.72. The zero-order valence-corrected chi connectivity index (χ0v) is 12.0. The molecule has 114 valence electrons. The van der Waals surface area contributed by atoms with Crippen LogP contribution in [0.1, 0.15) is 24.0 Å². The summed E-state index contributed by atoms with van der Waals surface area (Å²) >= 11 is 0. The number of rotatable bonds is 5. The van der Waals surface area contributed by atoms with Crippen LogP contribution < -0.4 is 5.32 Å². The summed E-state index contributed by atoms with van der Waals surface area (Å²) in [4.78, 5) is 19.2. The minimum Gasteiger partial charge on any atom is -0.394 e. The van der Waals surface area contributed by atoms with Crippen molar-refractivity contribution >= 4 is 16.8 Å². The standard InChI is InChI=1S/C15H16N4O3/c1-2-11(8-20)17-14(21)15-18-13(19-22-15)10-3-4-12-9(7-10)5-6-16-12/h3-7,11,16,20H,2,8H2,1H3,(H,17,21). The average Bonchev–Trinajstić information content (AvgIpc) is 3.20. The van der Waals surface area contributed by atoms with E-state index >= 15 is 0 Å². The number of hydrogen-bond acceptors (Lipinski definition) is 5. The first-order chi connectivity index (χ1) is 10.7. The van der Waals surface area contributed by atoms with Gasteiger partial charge in [0, 0.05) is 22.7 Å². The lowest BCUT2D eigenvalue weighted by Gasteiger charge is -2.11. The molecular weight excluding hydrogens is 284 g/mol. The zero-order valence-electron chi connectivity index (χ0n) is 12.0. The fourth-order valence-corrected chi connectivity index (χ4v) is 2.15. The van der Waals surface area contributed by atoms with E-state index in [4.69, 9.17) is 9.63 Å². The van der Waals surface area contributed by atoms with E-state index in [1.54, 1.807) is 0 Å². The molecule has 7 nitrogen and oxygen atoms in total. The molecule has 0 aliphatic carbocycles. The summed E-state index contributed by atoms with van der Waals surface area (Å²) in [5.41, 5.74) is 1.78. The highest BCUT2D eigenvalue weighted by atomic mass is 16.5. The van der Waals surface area contributed by atoms with Crippen molar-refractivity contribution < 1.29 is 14.4 Å². The van der Waals surface area contributed by atoms with Crippen molar-refractivity contribution in [2.24, 2.45) is 0 Å². The summed E-state index contributed by atoms with van der Waals surface area (Å²) < 4.78 is 5.00. The van der Waals surface area contributed by atoms with E-state index in [1.165, 1.54) is 0 Å². The van der Waals surface area contributed by atoms with E-state index in [0.717, 1.165) is 16.5 Å². The van der Waals surface area contributed by atoms with Crippen LogP contribution >= 0.6 is 0 Å². The second kappa shape index (κ2) is 5.98. The maximum atomic E-state index is 12.0. The summed E-state index contributed by atoms with van der Waals surface area (Å²) in [6.45, 7) is 1.74. The molecule has 0 spiro atoms. The third kappa shape index (κ3) is 2.71. The lowest BCUT2D eigenvalue weighted by Crippen LogP contribution is -2.37. The molecule has 0 fully saturated rings. The number of carbonyl (C=O) groups excluding carboxylic acids is 1. The molecular formula is C15H16N4O3. The van der Waals surface area contributed by atoms with Gasteiger partial charge in [0.1, 0.15) is 0 Å². The average molecular weight is 300 g/mol. The van der Waals surface area contributed by atoms with Gasteiger partial charge in [-0.2, -0.15) is 4.98 Å². The number of fused-ring (bicyclic) bond motifs is 1. The fourth-order valence-electron chi connectivity index (χ4n) is 2.15. The molecule has 3 aromatic rings. The van der Waals surface area contributed by atoms with Gasteiger partial charge in [-0.15, -0.1) is 0 Å². The maximum absolute atomic E-state index is 12.0. The van der Waals surface area contributed by atoms with E-state index in [0.29, 0.717) is 12.2 Å². The van der Waals surface area contributed by atoms with Gasteiger partial charge in [-0.05, 0) is 30.7 Å². The third-order valence-corrected chi connectivity index (χ3v) is 3.48.